The predicted molar refractivity (Wildman–Crippen MR) is 61.4 cm³/mol. The number of nitrogens with one attached hydrogen (secondary N) is 1. The van der Waals surface area contributed by atoms with Gasteiger partial charge in [0.2, 0.25) is 0 Å². The summed E-state index contributed by atoms with van der Waals surface area (Å²) in [7, 11) is 1.82. The lowest BCUT2D eigenvalue weighted by Gasteiger charge is -2.00. The van der Waals surface area contributed by atoms with Crippen molar-refractivity contribution in [2.75, 3.05) is 6.54 Å². The molecule has 0 aliphatic carbocycles. The number of aryl methyl sites for hydroxylation is 1. The van der Waals surface area contributed by atoms with Crippen LogP contribution in [-0.4, -0.2) is 27.2 Å². The topological polar surface area (TPSA) is 59.8 Å². The largest absolute Gasteiger partial charge is 0.351 e. The number of amides is 1. The molecular weight excluding hydrogens is 224 g/mol. The highest BCUT2D eigenvalue weighted by Crippen LogP contribution is 2.07. The molecule has 0 unspecified atom stereocenters. The van der Waals surface area contributed by atoms with Gasteiger partial charge in [-0.1, -0.05) is 6.07 Å². The molecule has 16 heavy (non-hydrogen) atoms. The summed E-state index contributed by atoms with van der Waals surface area (Å²) in [6, 6.07) is 3.67. The van der Waals surface area contributed by atoms with Crippen molar-refractivity contribution in [1.82, 2.24) is 20.1 Å². The first-order valence-electron chi connectivity index (χ1n) is 4.92. The Bertz CT molecular complexity index is 463. The van der Waals surface area contributed by atoms with E-state index in [0.29, 0.717) is 13.0 Å². The minimum absolute atomic E-state index is 0.0362. The summed E-state index contributed by atoms with van der Waals surface area (Å²) in [5.41, 5.74) is 0. The van der Waals surface area contributed by atoms with Crippen molar-refractivity contribution in [3.63, 3.8) is 0 Å². The summed E-state index contributed by atoms with van der Waals surface area (Å²) in [5.74, 6) is 0.708. The molecule has 5 nitrogen and oxygen atoms in total. The molecule has 1 amide bonds. The second kappa shape index (κ2) is 4.89. The number of thiophene rings is 1. The molecule has 6 heteroatoms. The van der Waals surface area contributed by atoms with Gasteiger partial charge in [-0.3, -0.25) is 9.48 Å². The van der Waals surface area contributed by atoms with Crippen LogP contribution in [0.1, 0.15) is 15.5 Å². The Morgan fingerprint density at radius 2 is 2.50 bits per heavy atom. The van der Waals surface area contributed by atoms with E-state index >= 15 is 0 Å². The van der Waals surface area contributed by atoms with Crippen LogP contribution in [0.25, 0.3) is 0 Å². The third kappa shape index (κ3) is 2.66. The number of hydrogen-bond donors (Lipinski definition) is 1. The quantitative estimate of drug-likeness (QED) is 0.856. The lowest BCUT2D eigenvalue weighted by atomic mass is 10.4. The Kier molecular flexibility index (Phi) is 3.31. The molecule has 2 rings (SSSR count). The molecule has 0 atom stereocenters. The zero-order valence-corrected chi connectivity index (χ0v) is 9.70. The van der Waals surface area contributed by atoms with E-state index in [0.717, 1.165) is 10.7 Å². The molecule has 0 aliphatic rings. The molecule has 0 aliphatic heterocycles. The molecule has 2 heterocycles. The average Bonchev–Trinajstić information content (AvgIpc) is 2.89. The van der Waals surface area contributed by atoms with Gasteiger partial charge in [-0.25, -0.2) is 4.98 Å². The van der Waals surface area contributed by atoms with Crippen LogP contribution in [-0.2, 0) is 13.5 Å². The van der Waals surface area contributed by atoms with E-state index in [4.69, 9.17) is 0 Å². The fourth-order valence-electron chi connectivity index (χ4n) is 1.28. The van der Waals surface area contributed by atoms with E-state index < -0.39 is 0 Å². The molecule has 0 aromatic carbocycles. The minimum atomic E-state index is -0.0362. The highest BCUT2D eigenvalue weighted by molar-refractivity contribution is 7.12. The van der Waals surface area contributed by atoms with E-state index in [-0.39, 0.29) is 5.91 Å². The molecule has 0 bridgehead atoms. The number of hydrogen-bond acceptors (Lipinski definition) is 4. The lowest BCUT2D eigenvalue weighted by molar-refractivity contribution is 0.0958. The number of nitrogens with zero attached hydrogens (tertiary/aromatic N) is 3. The van der Waals surface area contributed by atoms with Gasteiger partial charge in [-0.05, 0) is 11.4 Å². The molecule has 2 aromatic heterocycles. The van der Waals surface area contributed by atoms with E-state index in [9.17, 15) is 4.79 Å². The molecule has 0 saturated carbocycles. The Morgan fingerprint density at radius 1 is 1.62 bits per heavy atom. The van der Waals surface area contributed by atoms with Crippen LogP contribution in [0.4, 0.5) is 0 Å². The second-order valence-corrected chi connectivity index (χ2v) is 4.27. The molecule has 0 radical (unpaired) electrons. The number of carbonyl (C=O) groups excluding carboxylic acids is 1. The smallest absolute Gasteiger partial charge is 0.261 e. The number of rotatable bonds is 4. The molecule has 2 aromatic rings. The van der Waals surface area contributed by atoms with Crippen LogP contribution in [0.15, 0.2) is 23.8 Å². The van der Waals surface area contributed by atoms with Gasteiger partial charge in [-0.15, -0.1) is 11.3 Å². The first-order chi connectivity index (χ1) is 7.75. The third-order valence-corrected chi connectivity index (χ3v) is 2.89. The predicted octanol–water partition coefficient (Wildman–Crippen LogP) is 0.849. The maximum absolute atomic E-state index is 11.6. The summed E-state index contributed by atoms with van der Waals surface area (Å²) in [5, 5.41) is 8.84. The van der Waals surface area contributed by atoms with Crippen molar-refractivity contribution in [2.24, 2.45) is 7.05 Å². The normalized spacial score (nSPS) is 10.3. The van der Waals surface area contributed by atoms with Crippen molar-refractivity contribution in [3.8, 4) is 0 Å². The van der Waals surface area contributed by atoms with Crippen molar-refractivity contribution in [2.45, 2.75) is 6.42 Å². The zero-order chi connectivity index (χ0) is 11.4. The van der Waals surface area contributed by atoms with E-state index in [1.807, 2.05) is 18.5 Å². The molecule has 84 valence electrons. The zero-order valence-electron chi connectivity index (χ0n) is 8.88. The van der Waals surface area contributed by atoms with Gasteiger partial charge in [-0.2, -0.15) is 5.10 Å². The fourth-order valence-corrected chi connectivity index (χ4v) is 1.92. The Balaban J connectivity index is 1.78. The van der Waals surface area contributed by atoms with Gasteiger partial charge < -0.3 is 5.32 Å². The summed E-state index contributed by atoms with van der Waals surface area (Å²) < 4.78 is 1.65. The summed E-state index contributed by atoms with van der Waals surface area (Å²) in [4.78, 5) is 16.4. The Hall–Kier alpha value is -1.69. The van der Waals surface area contributed by atoms with Crippen molar-refractivity contribution >= 4 is 17.2 Å². The maximum Gasteiger partial charge on any atom is 0.261 e. The summed E-state index contributed by atoms with van der Waals surface area (Å²) in [6.07, 6.45) is 2.30. The van der Waals surface area contributed by atoms with Crippen LogP contribution in [0.2, 0.25) is 0 Å². The van der Waals surface area contributed by atoms with Crippen LogP contribution >= 0.6 is 11.3 Å². The fraction of sp³-hybridized carbons (Fsp3) is 0.300. The summed E-state index contributed by atoms with van der Waals surface area (Å²) in [6.45, 7) is 0.556. The standard InChI is InChI=1S/C10H12N4OS/c1-14-7-12-9(13-14)4-5-11-10(15)8-3-2-6-16-8/h2-3,6-7H,4-5H2,1H3,(H,11,15). The molecule has 1 N–H and O–H groups in total. The van der Waals surface area contributed by atoms with Crippen molar-refractivity contribution in [3.05, 3.63) is 34.5 Å². The molecule has 0 saturated heterocycles. The van der Waals surface area contributed by atoms with Gasteiger partial charge in [0.25, 0.3) is 5.91 Å². The first-order valence-corrected chi connectivity index (χ1v) is 5.80. The Labute approximate surface area is 97.1 Å². The summed E-state index contributed by atoms with van der Waals surface area (Å²) >= 11 is 1.43. The Morgan fingerprint density at radius 3 is 3.12 bits per heavy atom. The third-order valence-electron chi connectivity index (χ3n) is 2.03. The minimum Gasteiger partial charge on any atom is -0.351 e. The highest BCUT2D eigenvalue weighted by atomic mass is 32.1. The lowest BCUT2D eigenvalue weighted by Crippen LogP contribution is -2.25. The first kappa shape index (κ1) is 10.8. The van der Waals surface area contributed by atoms with Crippen molar-refractivity contribution < 1.29 is 4.79 Å². The van der Waals surface area contributed by atoms with Gasteiger partial charge in [0.05, 0.1) is 4.88 Å². The van der Waals surface area contributed by atoms with Gasteiger partial charge >= 0.3 is 0 Å². The van der Waals surface area contributed by atoms with E-state index in [2.05, 4.69) is 15.4 Å². The number of carbonyl (C=O) groups is 1. The average molecular weight is 236 g/mol. The SMILES string of the molecule is Cn1cnc(CCNC(=O)c2cccs2)n1. The monoisotopic (exact) mass is 236 g/mol. The van der Waals surface area contributed by atoms with Crippen LogP contribution in [0, 0.1) is 0 Å². The number of aromatic nitrogens is 3. The highest BCUT2D eigenvalue weighted by Gasteiger charge is 2.05. The van der Waals surface area contributed by atoms with E-state index in [1.165, 1.54) is 11.3 Å². The van der Waals surface area contributed by atoms with E-state index in [1.54, 1.807) is 17.1 Å². The van der Waals surface area contributed by atoms with Crippen LogP contribution < -0.4 is 5.32 Å². The molecule has 0 fully saturated rings. The van der Waals surface area contributed by atoms with Crippen molar-refractivity contribution in [1.29, 1.82) is 0 Å². The van der Waals surface area contributed by atoms with Gasteiger partial charge in [0.15, 0.2) is 5.82 Å². The van der Waals surface area contributed by atoms with Crippen LogP contribution in [0.5, 0.6) is 0 Å². The van der Waals surface area contributed by atoms with Gasteiger partial charge in [0.1, 0.15) is 6.33 Å². The van der Waals surface area contributed by atoms with Gasteiger partial charge in [0, 0.05) is 20.0 Å². The molecular formula is C10H12N4OS. The van der Waals surface area contributed by atoms with Crippen LogP contribution in [0.3, 0.4) is 0 Å². The second-order valence-electron chi connectivity index (χ2n) is 3.32. The maximum atomic E-state index is 11.6. The molecule has 0 spiro atoms.